The Labute approximate surface area is 153 Å². The Bertz CT molecular complexity index is 1050. The van der Waals surface area contributed by atoms with Gasteiger partial charge in [0.25, 0.3) is 5.69 Å². The van der Waals surface area contributed by atoms with Gasteiger partial charge in [-0.05, 0) is 37.3 Å². The van der Waals surface area contributed by atoms with Crippen LogP contribution in [0.4, 0.5) is 5.69 Å². The Hall–Kier alpha value is -3.99. The lowest BCUT2D eigenvalue weighted by Gasteiger charge is -2.02. The van der Waals surface area contributed by atoms with E-state index in [2.05, 4.69) is 4.98 Å². The number of nitro benzene ring substituents is 1. The summed E-state index contributed by atoms with van der Waals surface area (Å²) in [5, 5.41) is 20.2. The summed E-state index contributed by atoms with van der Waals surface area (Å²) in [6, 6.07) is 14.3. The van der Waals surface area contributed by atoms with E-state index in [1.54, 1.807) is 37.3 Å². The molecule has 27 heavy (non-hydrogen) atoms. The molecule has 0 spiro atoms. The van der Waals surface area contributed by atoms with E-state index in [1.807, 2.05) is 6.07 Å². The van der Waals surface area contributed by atoms with E-state index in [0.717, 1.165) is 0 Å². The van der Waals surface area contributed by atoms with Crippen LogP contribution in [0.2, 0.25) is 0 Å². The summed E-state index contributed by atoms with van der Waals surface area (Å²) in [5.41, 5.74) is 0.730. The SMILES string of the molecule is CCOC(=O)c1nc(-c2ccc(C#N)cc2)oc1-c1ccccc1[N+](=O)[O-]. The average Bonchev–Trinajstić information content (AvgIpc) is 3.13. The minimum absolute atomic E-state index is 0.0416. The number of nitro groups is 1. The number of benzene rings is 2. The molecule has 0 bridgehead atoms. The highest BCUT2D eigenvalue weighted by atomic mass is 16.6. The molecule has 0 fully saturated rings. The molecule has 0 radical (unpaired) electrons. The summed E-state index contributed by atoms with van der Waals surface area (Å²) in [5.74, 6) is -0.690. The van der Waals surface area contributed by atoms with Crippen LogP contribution in [0.25, 0.3) is 22.8 Å². The van der Waals surface area contributed by atoms with Crippen molar-refractivity contribution in [1.82, 2.24) is 4.98 Å². The van der Waals surface area contributed by atoms with E-state index in [4.69, 9.17) is 14.4 Å². The average molecular weight is 363 g/mol. The normalized spacial score (nSPS) is 10.2. The Kier molecular flexibility index (Phi) is 4.95. The van der Waals surface area contributed by atoms with Crippen LogP contribution in [0.1, 0.15) is 23.0 Å². The fourth-order valence-corrected chi connectivity index (χ4v) is 2.48. The Morgan fingerprint density at radius 2 is 1.96 bits per heavy atom. The molecule has 8 nitrogen and oxygen atoms in total. The van der Waals surface area contributed by atoms with Gasteiger partial charge in [-0.2, -0.15) is 5.26 Å². The van der Waals surface area contributed by atoms with Gasteiger partial charge in [-0.1, -0.05) is 12.1 Å². The van der Waals surface area contributed by atoms with Crippen LogP contribution < -0.4 is 0 Å². The van der Waals surface area contributed by atoms with Crippen molar-refractivity contribution in [2.45, 2.75) is 6.92 Å². The first kappa shape index (κ1) is 17.8. The molecule has 0 amide bonds. The number of carbonyl (C=O) groups is 1. The molecule has 0 aliphatic carbocycles. The third-order valence-electron chi connectivity index (χ3n) is 3.70. The van der Waals surface area contributed by atoms with Crippen molar-refractivity contribution in [3.8, 4) is 28.8 Å². The summed E-state index contributed by atoms with van der Waals surface area (Å²) in [6.07, 6.45) is 0. The molecule has 2 aromatic carbocycles. The topological polar surface area (TPSA) is 119 Å². The standard InChI is InChI=1S/C19H13N3O5/c1-2-26-19(23)16-17(14-5-3-4-6-15(14)22(24)25)27-18(21-16)13-9-7-12(11-20)8-10-13/h3-10H,2H2,1H3. The molecule has 8 heteroatoms. The van der Waals surface area contributed by atoms with Crippen molar-refractivity contribution in [1.29, 1.82) is 5.26 Å². The van der Waals surface area contributed by atoms with Crippen LogP contribution in [-0.2, 0) is 4.74 Å². The number of nitriles is 1. The molecule has 0 N–H and O–H groups in total. The van der Waals surface area contributed by atoms with E-state index in [0.29, 0.717) is 11.1 Å². The number of esters is 1. The second kappa shape index (κ2) is 7.49. The van der Waals surface area contributed by atoms with Gasteiger partial charge in [0.2, 0.25) is 5.89 Å². The van der Waals surface area contributed by atoms with Gasteiger partial charge in [-0.15, -0.1) is 0 Å². The van der Waals surface area contributed by atoms with Crippen molar-refractivity contribution in [3.63, 3.8) is 0 Å². The summed E-state index contributed by atoms with van der Waals surface area (Å²) in [7, 11) is 0. The monoisotopic (exact) mass is 363 g/mol. The number of para-hydroxylation sites is 1. The van der Waals surface area contributed by atoms with Gasteiger partial charge in [0, 0.05) is 11.6 Å². The van der Waals surface area contributed by atoms with Crippen molar-refractivity contribution < 1.29 is 18.9 Å². The lowest BCUT2D eigenvalue weighted by Crippen LogP contribution is -2.07. The summed E-state index contributed by atoms with van der Waals surface area (Å²) < 4.78 is 10.7. The fraction of sp³-hybridized carbons (Fsp3) is 0.105. The highest BCUT2D eigenvalue weighted by molar-refractivity contribution is 5.95. The molecule has 0 unspecified atom stereocenters. The zero-order chi connectivity index (χ0) is 19.4. The maximum absolute atomic E-state index is 12.3. The number of oxazole rings is 1. The third-order valence-corrected chi connectivity index (χ3v) is 3.70. The fourth-order valence-electron chi connectivity index (χ4n) is 2.48. The number of hydrogen-bond acceptors (Lipinski definition) is 7. The molecule has 0 saturated carbocycles. The quantitative estimate of drug-likeness (QED) is 0.382. The summed E-state index contributed by atoms with van der Waals surface area (Å²) >= 11 is 0. The maximum atomic E-state index is 12.3. The summed E-state index contributed by atoms with van der Waals surface area (Å²) in [6.45, 7) is 1.76. The highest BCUT2D eigenvalue weighted by Crippen LogP contribution is 2.35. The van der Waals surface area contributed by atoms with E-state index < -0.39 is 10.9 Å². The van der Waals surface area contributed by atoms with E-state index in [-0.39, 0.29) is 35.2 Å². The van der Waals surface area contributed by atoms with Crippen molar-refractivity contribution in [2.75, 3.05) is 6.61 Å². The molecule has 134 valence electrons. The highest BCUT2D eigenvalue weighted by Gasteiger charge is 2.28. The number of aromatic nitrogens is 1. The number of hydrogen-bond donors (Lipinski definition) is 0. The van der Waals surface area contributed by atoms with E-state index in [1.165, 1.54) is 18.2 Å². The van der Waals surface area contributed by atoms with Gasteiger partial charge in [0.15, 0.2) is 11.5 Å². The zero-order valence-corrected chi connectivity index (χ0v) is 14.2. The minimum Gasteiger partial charge on any atom is -0.461 e. The molecule has 0 aliphatic rings. The van der Waals surface area contributed by atoms with Gasteiger partial charge in [-0.3, -0.25) is 10.1 Å². The predicted molar refractivity (Wildman–Crippen MR) is 94.7 cm³/mol. The van der Waals surface area contributed by atoms with Crippen molar-refractivity contribution >= 4 is 11.7 Å². The molecular weight excluding hydrogens is 350 g/mol. The number of rotatable bonds is 5. The van der Waals surface area contributed by atoms with Crippen LogP contribution in [0.15, 0.2) is 52.9 Å². The number of carbonyl (C=O) groups excluding carboxylic acids is 1. The lowest BCUT2D eigenvalue weighted by atomic mass is 10.1. The molecule has 0 aliphatic heterocycles. The maximum Gasteiger partial charge on any atom is 0.361 e. The zero-order valence-electron chi connectivity index (χ0n) is 14.2. The van der Waals surface area contributed by atoms with Crippen LogP contribution in [-0.4, -0.2) is 22.5 Å². The molecule has 1 aromatic heterocycles. The van der Waals surface area contributed by atoms with Crippen LogP contribution >= 0.6 is 0 Å². The Balaban J connectivity index is 2.18. The second-order valence-electron chi connectivity index (χ2n) is 5.38. The predicted octanol–water partition coefficient (Wildman–Crippen LogP) is 3.97. The molecule has 1 heterocycles. The number of nitrogens with zero attached hydrogens (tertiary/aromatic N) is 3. The van der Waals surface area contributed by atoms with Crippen LogP contribution in [0, 0.1) is 21.4 Å². The molecule has 3 aromatic rings. The van der Waals surface area contributed by atoms with Gasteiger partial charge >= 0.3 is 5.97 Å². The van der Waals surface area contributed by atoms with Gasteiger partial charge < -0.3 is 9.15 Å². The minimum atomic E-state index is -0.741. The Morgan fingerprint density at radius 3 is 2.59 bits per heavy atom. The van der Waals surface area contributed by atoms with Gasteiger partial charge in [-0.25, -0.2) is 9.78 Å². The van der Waals surface area contributed by atoms with Crippen molar-refractivity contribution in [2.24, 2.45) is 0 Å². The molecule has 3 rings (SSSR count). The first-order valence-corrected chi connectivity index (χ1v) is 7.97. The third kappa shape index (κ3) is 3.52. The molecular formula is C19H13N3O5. The largest absolute Gasteiger partial charge is 0.461 e. The van der Waals surface area contributed by atoms with Crippen molar-refractivity contribution in [3.05, 3.63) is 69.9 Å². The van der Waals surface area contributed by atoms with Gasteiger partial charge in [0.1, 0.15) is 0 Å². The molecule has 0 atom stereocenters. The smallest absolute Gasteiger partial charge is 0.361 e. The second-order valence-corrected chi connectivity index (χ2v) is 5.38. The Morgan fingerprint density at radius 1 is 1.26 bits per heavy atom. The van der Waals surface area contributed by atoms with E-state index in [9.17, 15) is 14.9 Å². The van der Waals surface area contributed by atoms with Gasteiger partial charge in [0.05, 0.1) is 28.7 Å². The first-order valence-electron chi connectivity index (χ1n) is 7.97. The number of ether oxygens (including phenoxy) is 1. The van der Waals surface area contributed by atoms with E-state index >= 15 is 0 Å². The first-order chi connectivity index (χ1) is 13.0. The molecule has 0 saturated heterocycles. The summed E-state index contributed by atoms with van der Waals surface area (Å²) in [4.78, 5) is 27.3. The van der Waals surface area contributed by atoms with Crippen LogP contribution in [0.5, 0.6) is 0 Å². The lowest BCUT2D eigenvalue weighted by molar-refractivity contribution is -0.384. The van der Waals surface area contributed by atoms with Crippen LogP contribution in [0.3, 0.4) is 0 Å².